The second-order valence-corrected chi connectivity index (χ2v) is 5.12. The van der Waals surface area contributed by atoms with E-state index in [-0.39, 0.29) is 12.0 Å². The van der Waals surface area contributed by atoms with Gasteiger partial charge in [0.15, 0.2) is 0 Å². The van der Waals surface area contributed by atoms with Gasteiger partial charge in [-0.25, -0.2) is 0 Å². The van der Waals surface area contributed by atoms with Gasteiger partial charge in [-0.15, -0.1) is 0 Å². The van der Waals surface area contributed by atoms with Crippen molar-refractivity contribution in [1.82, 2.24) is 5.32 Å². The van der Waals surface area contributed by atoms with Gasteiger partial charge in [0.25, 0.3) is 0 Å². The molecule has 0 aromatic heterocycles. The van der Waals surface area contributed by atoms with Crippen LogP contribution in [-0.4, -0.2) is 28.9 Å². The number of hydrogen-bond donors (Lipinski definition) is 3. The molecule has 0 saturated heterocycles. The topological polar surface area (TPSA) is 92.4 Å². The molecule has 18 heavy (non-hydrogen) atoms. The number of nitrogens with one attached hydrogen (secondary N) is 1. The molecule has 1 atom stereocenters. The second-order valence-electron chi connectivity index (χ2n) is 5.12. The molecule has 0 aliphatic heterocycles. The Labute approximate surface area is 107 Å². The first-order chi connectivity index (χ1) is 8.47. The first-order valence-corrected chi connectivity index (χ1v) is 6.34. The molecule has 5 heteroatoms. The van der Waals surface area contributed by atoms with E-state index in [2.05, 4.69) is 5.32 Å². The van der Waals surface area contributed by atoms with Crippen LogP contribution in [0.5, 0.6) is 0 Å². The lowest BCUT2D eigenvalue weighted by Crippen LogP contribution is -2.49. The molecule has 5 nitrogen and oxygen atoms in total. The van der Waals surface area contributed by atoms with Crippen LogP contribution in [0.1, 0.15) is 45.4 Å². The number of aldehydes is 1. The van der Waals surface area contributed by atoms with Crippen LogP contribution in [0.2, 0.25) is 0 Å². The highest BCUT2D eigenvalue weighted by molar-refractivity contribution is 5.73. The van der Waals surface area contributed by atoms with Crippen LogP contribution in [0.25, 0.3) is 0 Å². The Morgan fingerprint density at radius 1 is 1.50 bits per heavy atom. The zero-order valence-corrected chi connectivity index (χ0v) is 10.8. The SMILES string of the molecule is C/C(N)=C/CC1(N[C@@H](C=O)CC(=O)O)CCCC1. The average molecular weight is 254 g/mol. The van der Waals surface area contributed by atoms with Gasteiger partial charge in [-0.1, -0.05) is 18.9 Å². The Bertz CT molecular complexity index is 329. The summed E-state index contributed by atoms with van der Waals surface area (Å²) >= 11 is 0. The van der Waals surface area contributed by atoms with Gasteiger partial charge in [0.1, 0.15) is 6.29 Å². The van der Waals surface area contributed by atoms with E-state index in [1.54, 1.807) is 0 Å². The molecule has 0 unspecified atom stereocenters. The molecule has 1 aliphatic rings. The van der Waals surface area contributed by atoms with Gasteiger partial charge < -0.3 is 21.0 Å². The van der Waals surface area contributed by atoms with Crippen molar-refractivity contribution in [2.24, 2.45) is 5.73 Å². The summed E-state index contributed by atoms with van der Waals surface area (Å²) in [6.45, 7) is 1.83. The average Bonchev–Trinajstić information content (AvgIpc) is 2.74. The van der Waals surface area contributed by atoms with Gasteiger partial charge in [0.2, 0.25) is 0 Å². The smallest absolute Gasteiger partial charge is 0.305 e. The molecule has 0 radical (unpaired) electrons. The quantitative estimate of drug-likeness (QED) is 0.593. The van der Waals surface area contributed by atoms with Crippen molar-refractivity contribution in [3.63, 3.8) is 0 Å². The lowest BCUT2D eigenvalue weighted by molar-refractivity contribution is -0.138. The Kier molecular flexibility index (Phi) is 5.34. The van der Waals surface area contributed by atoms with Gasteiger partial charge in [-0.05, 0) is 26.2 Å². The van der Waals surface area contributed by atoms with Crippen molar-refractivity contribution in [3.05, 3.63) is 11.8 Å². The third-order valence-electron chi connectivity index (χ3n) is 3.43. The third kappa shape index (κ3) is 4.49. The zero-order chi connectivity index (χ0) is 13.6. The number of aliphatic carboxylic acids is 1. The number of nitrogens with two attached hydrogens (primary N) is 1. The minimum absolute atomic E-state index is 0.165. The Morgan fingerprint density at radius 3 is 2.56 bits per heavy atom. The number of hydrogen-bond acceptors (Lipinski definition) is 4. The number of carbonyl (C=O) groups excluding carboxylic acids is 1. The summed E-state index contributed by atoms with van der Waals surface area (Å²) in [5.41, 5.74) is 6.23. The van der Waals surface area contributed by atoms with E-state index in [0.29, 0.717) is 6.29 Å². The van der Waals surface area contributed by atoms with Gasteiger partial charge in [0, 0.05) is 11.2 Å². The number of carboxylic acid groups (broad SMARTS) is 1. The molecule has 1 fully saturated rings. The summed E-state index contributed by atoms with van der Waals surface area (Å²) in [6.07, 6.45) is 7.33. The number of allylic oxidation sites excluding steroid dienone is 1. The van der Waals surface area contributed by atoms with E-state index in [1.807, 2.05) is 13.0 Å². The first kappa shape index (κ1) is 14.7. The Hall–Kier alpha value is -1.36. The summed E-state index contributed by atoms with van der Waals surface area (Å²) in [5, 5.41) is 12.0. The molecule has 0 bridgehead atoms. The van der Waals surface area contributed by atoms with Crippen LogP contribution >= 0.6 is 0 Å². The van der Waals surface area contributed by atoms with E-state index >= 15 is 0 Å². The molecule has 1 rings (SSSR count). The van der Waals surface area contributed by atoms with Crippen molar-refractivity contribution < 1.29 is 14.7 Å². The predicted molar refractivity (Wildman–Crippen MR) is 69.0 cm³/mol. The number of rotatable bonds is 7. The van der Waals surface area contributed by atoms with Crippen LogP contribution < -0.4 is 11.1 Å². The lowest BCUT2D eigenvalue weighted by atomic mass is 9.91. The molecule has 0 spiro atoms. The normalized spacial score (nSPS) is 20.6. The fourth-order valence-corrected chi connectivity index (χ4v) is 2.53. The monoisotopic (exact) mass is 254 g/mol. The highest BCUT2D eigenvalue weighted by Crippen LogP contribution is 2.33. The van der Waals surface area contributed by atoms with Crippen LogP contribution in [0, 0.1) is 0 Å². The summed E-state index contributed by atoms with van der Waals surface area (Å²) in [5.74, 6) is -0.960. The van der Waals surface area contributed by atoms with Crippen LogP contribution in [-0.2, 0) is 9.59 Å². The highest BCUT2D eigenvalue weighted by atomic mass is 16.4. The Morgan fingerprint density at radius 2 is 2.11 bits per heavy atom. The van der Waals surface area contributed by atoms with Crippen molar-refractivity contribution in [2.75, 3.05) is 0 Å². The summed E-state index contributed by atoms with van der Waals surface area (Å²) in [7, 11) is 0. The van der Waals surface area contributed by atoms with Gasteiger partial charge >= 0.3 is 5.97 Å². The van der Waals surface area contributed by atoms with Crippen molar-refractivity contribution >= 4 is 12.3 Å². The Balaban J connectivity index is 2.69. The van der Waals surface area contributed by atoms with Gasteiger partial charge in [0.05, 0.1) is 12.5 Å². The van der Waals surface area contributed by atoms with E-state index in [4.69, 9.17) is 10.8 Å². The minimum Gasteiger partial charge on any atom is -0.481 e. The molecule has 4 N–H and O–H groups in total. The van der Waals surface area contributed by atoms with Crippen molar-refractivity contribution in [3.8, 4) is 0 Å². The zero-order valence-electron chi connectivity index (χ0n) is 10.8. The van der Waals surface area contributed by atoms with Crippen molar-refractivity contribution in [1.29, 1.82) is 0 Å². The third-order valence-corrected chi connectivity index (χ3v) is 3.43. The molecule has 1 saturated carbocycles. The fourth-order valence-electron chi connectivity index (χ4n) is 2.53. The molecule has 102 valence electrons. The number of carboxylic acids is 1. The van der Waals surface area contributed by atoms with E-state index < -0.39 is 12.0 Å². The molecule has 0 amide bonds. The molecular formula is C13H22N2O3. The second kappa shape index (κ2) is 6.54. The highest BCUT2D eigenvalue weighted by Gasteiger charge is 2.34. The van der Waals surface area contributed by atoms with Gasteiger partial charge in [-0.3, -0.25) is 4.79 Å². The maximum atomic E-state index is 10.9. The van der Waals surface area contributed by atoms with Gasteiger partial charge in [-0.2, -0.15) is 0 Å². The molecule has 1 aliphatic carbocycles. The summed E-state index contributed by atoms with van der Waals surface area (Å²) < 4.78 is 0. The van der Waals surface area contributed by atoms with E-state index in [1.165, 1.54) is 0 Å². The van der Waals surface area contributed by atoms with E-state index in [9.17, 15) is 9.59 Å². The van der Waals surface area contributed by atoms with Crippen LogP contribution in [0.4, 0.5) is 0 Å². The minimum atomic E-state index is -0.960. The lowest BCUT2D eigenvalue weighted by Gasteiger charge is -2.32. The standard InChI is InChI=1S/C13H22N2O3/c1-10(14)4-7-13(5-2-3-6-13)15-11(9-16)8-12(17)18/h4,9,11,15H,2-3,5-8,14H2,1H3,(H,17,18)/b10-4-/t11-/m1/s1. The van der Waals surface area contributed by atoms with E-state index in [0.717, 1.165) is 37.8 Å². The maximum Gasteiger partial charge on any atom is 0.305 e. The maximum absolute atomic E-state index is 10.9. The molecule has 0 aromatic rings. The largest absolute Gasteiger partial charge is 0.481 e. The van der Waals surface area contributed by atoms with Crippen molar-refractivity contribution in [2.45, 2.75) is 57.0 Å². The first-order valence-electron chi connectivity index (χ1n) is 6.34. The molecule has 0 heterocycles. The summed E-state index contributed by atoms with van der Waals surface area (Å²) in [4.78, 5) is 21.6. The fraction of sp³-hybridized carbons (Fsp3) is 0.692. The molecule has 0 aromatic carbocycles. The number of carbonyl (C=O) groups is 2. The van der Waals surface area contributed by atoms with Crippen LogP contribution in [0.15, 0.2) is 11.8 Å². The van der Waals surface area contributed by atoms with Crippen LogP contribution in [0.3, 0.4) is 0 Å². The summed E-state index contributed by atoms with van der Waals surface area (Å²) in [6, 6.07) is -0.618. The predicted octanol–water partition coefficient (Wildman–Crippen LogP) is 1.18. The molecular weight excluding hydrogens is 232 g/mol.